The molecule has 0 aromatic carbocycles. The number of thiazole rings is 1. The first-order valence-electron chi connectivity index (χ1n) is 4.81. The quantitative estimate of drug-likeness (QED) is 0.862. The molecule has 4 heteroatoms. The third-order valence-corrected chi connectivity index (χ3v) is 2.95. The number of hydrogen-bond donors (Lipinski definition) is 1. The topological polar surface area (TPSA) is 37.8 Å². The zero-order chi connectivity index (χ0) is 10.7. The smallest absolute Gasteiger partial charge is 0.183 e. The van der Waals surface area contributed by atoms with E-state index in [1.807, 2.05) is 31.5 Å². The van der Waals surface area contributed by atoms with Crippen LogP contribution in [0.2, 0.25) is 0 Å². The summed E-state index contributed by atoms with van der Waals surface area (Å²) < 4.78 is 0. The maximum atomic E-state index is 4.33. The number of rotatable bonds is 3. The molecule has 0 saturated carbocycles. The van der Waals surface area contributed by atoms with Crippen LogP contribution in [0.15, 0.2) is 23.7 Å². The van der Waals surface area contributed by atoms with Crippen molar-refractivity contribution in [2.75, 3.05) is 5.32 Å². The number of hydrogen-bond acceptors (Lipinski definition) is 4. The summed E-state index contributed by atoms with van der Waals surface area (Å²) in [6.07, 6.45) is 1.89. The van der Waals surface area contributed by atoms with Crippen LogP contribution in [0.5, 0.6) is 0 Å². The number of anilines is 1. The predicted molar refractivity (Wildman–Crippen MR) is 63.2 cm³/mol. The van der Waals surface area contributed by atoms with Crippen molar-refractivity contribution in [2.24, 2.45) is 0 Å². The minimum absolute atomic E-state index is 0.778. The van der Waals surface area contributed by atoms with Gasteiger partial charge in [-0.2, -0.15) is 0 Å². The Kier molecular flexibility index (Phi) is 2.97. The van der Waals surface area contributed by atoms with Gasteiger partial charge in [0.2, 0.25) is 0 Å². The fraction of sp³-hybridized carbons (Fsp3) is 0.273. The fourth-order valence-corrected chi connectivity index (χ4v) is 1.90. The van der Waals surface area contributed by atoms with Gasteiger partial charge >= 0.3 is 0 Å². The first kappa shape index (κ1) is 10.1. The maximum Gasteiger partial charge on any atom is 0.183 e. The van der Waals surface area contributed by atoms with E-state index in [0.717, 1.165) is 23.1 Å². The number of nitrogens with zero attached hydrogens (tertiary/aromatic N) is 2. The van der Waals surface area contributed by atoms with E-state index in [2.05, 4.69) is 21.4 Å². The summed E-state index contributed by atoms with van der Waals surface area (Å²) in [4.78, 5) is 8.57. The fourth-order valence-electron chi connectivity index (χ4n) is 1.22. The van der Waals surface area contributed by atoms with Crippen molar-refractivity contribution in [1.82, 2.24) is 9.97 Å². The van der Waals surface area contributed by atoms with Crippen LogP contribution < -0.4 is 5.32 Å². The van der Waals surface area contributed by atoms with E-state index < -0.39 is 0 Å². The maximum absolute atomic E-state index is 4.33. The highest BCUT2D eigenvalue weighted by atomic mass is 32.1. The molecule has 0 fully saturated rings. The van der Waals surface area contributed by atoms with Gasteiger partial charge in [0.05, 0.1) is 5.69 Å². The first-order valence-corrected chi connectivity index (χ1v) is 5.69. The van der Waals surface area contributed by atoms with Crippen molar-refractivity contribution in [2.45, 2.75) is 20.4 Å². The Hall–Kier alpha value is -1.42. The molecule has 2 aromatic heterocycles. The highest BCUT2D eigenvalue weighted by Gasteiger charge is 1.98. The molecule has 78 valence electrons. The van der Waals surface area contributed by atoms with Gasteiger partial charge in [0.25, 0.3) is 0 Å². The summed E-state index contributed by atoms with van der Waals surface area (Å²) in [5, 5.41) is 6.27. The standard InChI is InChI=1S/C11H13N3S/c1-8-3-4-10(5-12-8)6-13-11-14-9(2)7-15-11/h3-5,7H,6H2,1-2H3,(H,13,14). The zero-order valence-electron chi connectivity index (χ0n) is 8.82. The number of nitrogens with one attached hydrogen (secondary N) is 1. The van der Waals surface area contributed by atoms with Crippen LogP contribution in [0.1, 0.15) is 17.0 Å². The first-order chi connectivity index (χ1) is 7.24. The molecule has 2 rings (SSSR count). The van der Waals surface area contributed by atoms with Gasteiger partial charge in [-0.25, -0.2) is 4.98 Å². The van der Waals surface area contributed by atoms with E-state index in [1.54, 1.807) is 11.3 Å². The molecule has 0 unspecified atom stereocenters. The van der Waals surface area contributed by atoms with E-state index in [1.165, 1.54) is 5.56 Å². The Morgan fingerprint density at radius 3 is 2.73 bits per heavy atom. The van der Waals surface area contributed by atoms with Crippen molar-refractivity contribution in [3.05, 3.63) is 40.7 Å². The molecule has 3 nitrogen and oxygen atoms in total. The van der Waals surface area contributed by atoms with Gasteiger partial charge < -0.3 is 5.32 Å². The van der Waals surface area contributed by atoms with E-state index in [4.69, 9.17) is 0 Å². The molecule has 0 atom stereocenters. The molecular formula is C11H13N3S. The van der Waals surface area contributed by atoms with Crippen molar-refractivity contribution in [1.29, 1.82) is 0 Å². The molecule has 0 aliphatic rings. The lowest BCUT2D eigenvalue weighted by atomic mass is 10.2. The molecule has 0 bridgehead atoms. The van der Waals surface area contributed by atoms with Gasteiger partial charge in [0, 0.05) is 23.8 Å². The van der Waals surface area contributed by atoms with Crippen LogP contribution in [-0.2, 0) is 6.54 Å². The van der Waals surface area contributed by atoms with Crippen LogP contribution in [-0.4, -0.2) is 9.97 Å². The van der Waals surface area contributed by atoms with Crippen molar-refractivity contribution < 1.29 is 0 Å². The van der Waals surface area contributed by atoms with Gasteiger partial charge in [-0.15, -0.1) is 11.3 Å². The molecule has 0 aliphatic carbocycles. The van der Waals surface area contributed by atoms with Crippen LogP contribution in [0.4, 0.5) is 5.13 Å². The summed E-state index contributed by atoms with van der Waals surface area (Å²) in [6, 6.07) is 4.10. The molecule has 1 N–H and O–H groups in total. The van der Waals surface area contributed by atoms with Gasteiger partial charge in [0.15, 0.2) is 5.13 Å². The van der Waals surface area contributed by atoms with Crippen LogP contribution in [0.3, 0.4) is 0 Å². The highest BCUT2D eigenvalue weighted by Crippen LogP contribution is 2.15. The normalized spacial score (nSPS) is 10.3. The minimum Gasteiger partial charge on any atom is -0.357 e. The Morgan fingerprint density at radius 1 is 1.27 bits per heavy atom. The number of pyridine rings is 1. The van der Waals surface area contributed by atoms with E-state index in [-0.39, 0.29) is 0 Å². The lowest BCUT2D eigenvalue weighted by Crippen LogP contribution is -1.99. The Morgan fingerprint density at radius 2 is 2.13 bits per heavy atom. The molecule has 0 aliphatic heterocycles. The third kappa shape index (κ3) is 2.76. The summed E-state index contributed by atoms with van der Waals surface area (Å²) in [5.41, 5.74) is 3.28. The average Bonchev–Trinajstić information content (AvgIpc) is 2.64. The largest absolute Gasteiger partial charge is 0.357 e. The highest BCUT2D eigenvalue weighted by molar-refractivity contribution is 7.13. The molecule has 0 amide bonds. The molecule has 2 heterocycles. The lowest BCUT2D eigenvalue weighted by Gasteiger charge is -2.02. The predicted octanol–water partition coefficient (Wildman–Crippen LogP) is 2.77. The Balaban J connectivity index is 1.96. The van der Waals surface area contributed by atoms with Crippen LogP contribution >= 0.6 is 11.3 Å². The molecule has 2 aromatic rings. The molecule has 15 heavy (non-hydrogen) atoms. The number of aryl methyl sites for hydroxylation is 2. The van der Waals surface area contributed by atoms with Gasteiger partial charge in [-0.1, -0.05) is 6.07 Å². The van der Waals surface area contributed by atoms with Crippen molar-refractivity contribution in [3.63, 3.8) is 0 Å². The van der Waals surface area contributed by atoms with Gasteiger partial charge in [-0.3, -0.25) is 4.98 Å². The summed E-state index contributed by atoms with van der Waals surface area (Å²) in [6.45, 7) is 4.76. The van der Waals surface area contributed by atoms with Crippen molar-refractivity contribution >= 4 is 16.5 Å². The number of aromatic nitrogens is 2. The second-order valence-electron chi connectivity index (χ2n) is 3.46. The zero-order valence-corrected chi connectivity index (χ0v) is 9.64. The third-order valence-electron chi connectivity index (χ3n) is 2.04. The van der Waals surface area contributed by atoms with Crippen molar-refractivity contribution in [3.8, 4) is 0 Å². The molecule has 0 spiro atoms. The SMILES string of the molecule is Cc1ccc(CNc2nc(C)cs2)cn1. The van der Waals surface area contributed by atoms with Gasteiger partial charge in [0.1, 0.15) is 0 Å². The van der Waals surface area contributed by atoms with E-state index in [0.29, 0.717) is 0 Å². The second-order valence-corrected chi connectivity index (χ2v) is 4.31. The summed E-state index contributed by atoms with van der Waals surface area (Å²) in [7, 11) is 0. The Bertz CT molecular complexity index is 433. The van der Waals surface area contributed by atoms with E-state index >= 15 is 0 Å². The monoisotopic (exact) mass is 219 g/mol. The second kappa shape index (κ2) is 4.40. The van der Waals surface area contributed by atoms with Gasteiger partial charge in [-0.05, 0) is 25.5 Å². The van der Waals surface area contributed by atoms with E-state index in [9.17, 15) is 0 Å². The molecular weight excluding hydrogens is 206 g/mol. The van der Waals surface area contributed by atoms with Crippen LogP contribution in [0, 0.1) is 13.8 Å². The molecule has 0 saturated heterocycles. The Labute approximate surface area is 93.2 Å². The van der Waals surface area contributed by atoms with Crippen LogP contribution in [0.25, 0.3) is 0 Å². The molecule has 0 radical (unpaired) electrons. The minimum atomic E-state index is 0.778. The summed E-state index contributed by atoms with van der Waals surface area (Å²) in [5.74, 6) is 0. The average molecular weight is 219 g/mol. The lowest BCUT2D eigenvalue weighted by molar-refractivity contribution is 1.07. The summed E-state index contributed by atoms with van der Waals surface area (Å²) >= 11 is 1.63.